The number of benzene rings is 2. The Hall–Kier alpha value is -2.92. The summed E-state index contributed by atoms with van der Waals surface area (Å²) in [5.41, 5.74) is 1.61. The van der Waals surface area contributed by atoms with E-state index in [0.29, 0.717) is 6.54 Å². The van der Waals surface area contributed by atoms with E-state index in [1.807, 2.05) is 67.6 Å². The molecule has 1 unspecified atom stereocenters. The zero-order valence-corrected chi connectivity index (χ0v) is 16.6. The number of furan rings is 1. The van der Waals surface area contributed by atoms with Crippen molar-refractivity contribution in [2.75, 3.05) is 19.6 Å². The predicted molar refractivity (Wildman–Crippen MR) is 113 cm³/mol. The molecule has 2 aromatic carbocycles. The molecule has 0 aliphatic carbocycles. The summed E-state index contributed by atoms with van der Waals surface area (Å²) in [6.07, 6.45) is 1.58. The second-order valence-electron chi connectivity index (χ2n) is 7.76. The van der Waals surface area contributed by atoms with Gasteiger partial charge in [0.15, 0.2) is 5.78 Å². The van der Waals surface area contributed by atoms with Crippen molar-refractivity contribution in [3.8, 4) is 0 Å². The summed E-state index contributed by atoms with van der Waals surface area (Å²) < 4.78 is 5.84. The molecule has 1 aliphatic heterocycles. The third-order valence-corrected chi connectivity index (χ3v) is 5.63. The molecule has 1 amide bonds. The molecule has 0 saturated carbocycles. The first-order chi connectivity index (χ1) is 14.1. The lowest BCUT2D eigenvalue weighted by atomic mass is 9.89. The van der Waals surface area contributed by atoms with E-state index in [-0.39, 0.29) is 23.7 Å². The van der Waals surface area contributed by atoms with Crippen molar-refractivity contribution in [1.82, 2.24) is 10.2 Å². The molecule has 4 rings (SSSR count). The summed E-state index contributed by atoms with van der Waals surface area (Å²) in [5, 5.41) is 4.06. The normalized spacial score (nSPS) is 16.6. The topological polar surface area (TPSA) is 62.6 Å². The van der Waals surface area contributed by atoms with Gasteiger partial charge in [-0.2, -0.15) is 0 Å². The van der Waals surface area contributed by atoms with Gasteiger partial charge in [-0.15, -0.1) is 0 Å². The molecule has 2 heterocycles. The first-order valence-electron chi connectivity index (χ1n) is 10.2. The van der Waals surface area contributed by atoms with E-state index in [4.69, 9.17) is 4.42 Å². The lowest BCUT2D eigenvalue weighted by Crippen LogP contribution is -2.43. The van der Waals surface area contributed by atoms with E-state index in [1.54, 1.807) is 0 Å². The average Bonchev–Trinajstić information content (AvgIpc) is 3.19. The quantitative estimate of drug-likeness (QED) is 0.641. The summed E-state index contributed by atoms with van der Waals surface area (Å²) in [5.74, 6) is 0.997. The van der Waals surface area contributed by atoms with Crippen LogP contribution in [0.15, 0.2) is 65.1 Å². The molecule has 0 bridgehead atoms. The highest BCUT2D eigenvalue weighted by Gasteiger charge is 2.27. The van der Waals surface area contributed by atoms with Crippen molar-refractivity contribution in [1.29, 1.82) is 0 Å². The lowest BCUT2D eigenvalue weighted by Gasteiger charge is -2.31. The molecule has 3 aromatic rings. The van der Waals surface area contributed by atoms with Gasteiger partial charge in [-0.3, -0.25) is 14.5 Å². The number of ketones is 1. The molecule has 1 N–H and O–H groups in total. The number of carbonyl (C=O) groups is 2. The number of hydrogen-bond acceptors (Lipinski definition) is 4. The maximum Gasteiger partial charge on any atom is 0.234 e. The molecule has 5 nitrogen and oxygen atoms in total. The van der Waals surface area contributed by atoms with Gasteiger partial charge in [-0.1, -0.05) is 48.5 Å². The van der Waals surface area contributed by atoms with Gasteiger partial charge >= 0.3 is 0 Å². The summed E-state index contributed by atoms with van der Waals surface area (Å²) >= 11 is 0. The smallest absolute Gasteiger partial charge is 0.234 e. The Balaban J connectivity index is 1.27. The number of carbonyl (C=O) groups excluding carboxylic acids is 2. The molecular weight excluding hydrogens is 364 g/mol. The molecular formula is C24H26N2O3. The largest absolute Gasteiger partial charge is 0.459 e. The molecule has 29 heavy (non-hydrogen) atoms. The van der Waals surface area contributed by atoms with Crippen LogP contribution in [-0.2, 0) is 4.79 Å². The fourth-order valence-electron chi connectivity index (χ4n) is 3.97. The molecule has 5 heteroatoms. The number of nitrogens with one attached hydrogen (secondary N) is 1. The van der Waals surface area contributed by atoms with Gasteiger partial charge in [0.25, 0.3) is 0 Å². The number of Topliss-reactive ketones (excluding diaryl/α,β-unsaturated/α-hetero) is 1. The van der Waals surface area contributed by atoms with Crippen LogP contribution in [0.3, 0.4) is 0 Å². The Morgan fingerprint density at radius 1 is 1.07 bits per heavy atom. The molecule has 1 aliphatic rings. The monoisotopic (exact) mass is 390 g/mol. The number of piperidine rings is 1. The number of amides is 1. The Morgan fingerprint density at radius 3 is 2.48 bits per heavy atom. The van der Waals surface area contributed by atoms with E-state index in [1.165, 1.54) is 0 Å². The summed E-state index contributed by atoms with van der Waals surface area (Å²) in [6.45, 7) is 3.79. The average molecular weight is 390 g/mol. The zero-order valence-electron chi connectivity index (χ0n) is 16.6. The van der Waals surface area contributed by atoms with Crippen LogP contribution in [0.4, 0.5) is 0 Å². The van der Waals surface area contributed by atoms with E-state index in [9.17, 15) is 9.59 Å². The first kappa shape index (κ1) is 19.4. The predicted octanol–water partition coefficient (Wildman–Crippen LogP) is 4.20. The van der Waals surface area contributed by atoms with Gasteiger partial charge < -0.3 is 9.73 Å². The van der Waals surface area contributed by atoms with E-state index < -0.39 is 0 Å². The number of para-hydroxylation sites is 1. The summed E-state index contributed by atoms with van der Waals surface area (Å²) in [4.78, 5) is 27.2. The van der Waals surface area contributed by atoms with Crippen molar-refractivity contribution in [2.45, 2.75) is 25.8 Å². The fraction of sp³-hybridized carbons (Fsp3) is 0.333. The van der Waals surface area contributed by atoms with E-state index in [2.05, 4.69) is 10.2 Å². The number of fused-ring (bicyclic) bond motifs is 1. The van der Waals surface area contributed by atoms with Crippen molar-refractivity contribution in [3.05, 3.63) is 72.0 Å². The molecule has 0 spiro atoms. The van der Waals surface area contributed by atoms with E-state index >= 15 is 0 Å². The molecule has 1 fully saturated rings. The fourth-order valence-corrected chi connectivity index (χ4v) is 3.97. The van der Waals surface area contributed by atoms with Crippen LogP contribution in [0, 0.1) is 5.92 Å². The number of nitrogens with zero attached hydrogens (tertiary/aromatic N) is 1. The Bertz CT molecular complexity index is 955. The van der Waals surface area contributed by atoms with Crippen LogP contribution in [0.2, 0.25) is 0 Å². The molecule has 1 saturated heterocycles. The first-order valence-corrected chi connectivity index (χ1v) is 10.2. The van der Waals surface area contributed by atoms with Gasteiger partial charge in [0.05, 0.1) is 12.6 Å². The highest BCUT2D eigenvalue weighted by molar-refractivity contribution is 5.97. The Kier molecular flexibility index (Phi) is 5.76. The molecule has 150 valence electrons. The number of rotatable bonds is 6. The minimum atomic E-state index is -0.188. The molecule has 0 radical (unpaired) electrons. The maximum absolute atomic E-state index is 12.6. The lowest BCUT2D eigenvalue weighted by molar-refractivity contribution is -0.123. The standard InChI is InChI=1S/C24H26N2O3/c1-17(22-15-20-9-5-6-10-21(20)29-22)25-23(27)16-26-13-11-19(12-14-26)24(28)18-7-3-2-4-8-18/h2-10,15,17,19H,11-14,16H2,1H3,(H,25,27). The van der Waals surface area contributed by atoms with Crippen molar-refractivity contribution >= 4 is 22.7 Å². The van der Waals surface area contributed by atoms with Crippen molar-refractivity contribution in [2.24, 2.45) is 5.92 Å². The van der Waals surface area contributed by atoms with E-state index in [0.717, 1.165) is 48.2 Å². The second-order valence-corrected chi connectivity index (χ2v) is 7.76. The third kappa shape index (κ3) is 4.57. The van der Waals surface area contributed by atoms with Crippen LogP contribution < -0.4 is 5.32 Å². The van der Waals surface area contributed by atoms with Gasteiger partial charge in [0, 0.05) is 16.9 Å². The highest BCUT2D eigenvalue weighted by Crippen LogP contribution is 2.24. The van der Waals surface area contributed by atoms with Gasteiger partial charge in [-0.05, 0) is 45.0 Å². The molecule has 1 atom stereocenters. The van der Waals surface area contributed by atoms with Crippen LogP contribution in [-0.4, -0.2) is 36.2 Å². The minimum absolute atomic E-state index is 0.0224. The van der Waals surface area contributed by atoms with Gasteiger partial charge in [0.1, 0.15) is 11.3 Å². The van der Waals surface area contributed by atoms with Crippen molar-refractivity contribution in [3.63, 3.8) is 0 Å². The summed E-state index contributed by atoms with van der Waals surface area (Å²) in [7, 11) is 0. The van der Waals surface area contributed by atoms with Crippen LogP contribution in [0.5, 0.6) is 0 Å². The number of hydrogen-bond donors (Lipinski definition) is 1. The van der Waals surface area contributed by atoms with Crippen molar-refractivity contribution < 1.29 is 14.0 Å². The number of likely N-dealkylation sites (tertiary alicyclic amines) is 1. The van der Waals surface area contributed by atoms with Gasteiger partial charge in [0.2, 0.25) is 5.91 Å². The Morgan fingerprint density at radius 2 is 1.76 bits per heavy atom. The second kappa shape index (κ2) is 8.62. The maximum atomic E-state index is 12.6. The minimum Gasteiger partial charge on any atom is -0.459 e. The van der Waals surface area contributed by atoms with Crippen LogP contribution in [0.25, 0.3) is 11.0 Å². The van der Waals surface area contributed by atoms with Gasteiger partial charge in [-0.25, -0.2) is 0 Å². The zero-order chi connectivity index (χ0) is 20.2. The van der Waals surface area contributed by atoms with Crippen LogP contribution >= 0.6 is 0 Å². The Labute approximate surface area is 170 Å². The SMILES string of the molecule is CC(NC(=O)CN1CCC(C(=O)c2ccccc2)CC1)c1cc2ccccc2o1. The summed E-state index contributed by atoms with van der Waals surface area (Å²) in [6, 6.07) is 19.1. The third-order valence-electron chi connectivity index (χ3n) is 5.63. The highest BCUT2D eigenvalue weighted by atomic mass is 16.3. The molecule has 1 aromatic heterocycles. The van der Waals surface area contributed by atoms with Crippen LogP contribution in [0.1, 0.15) is 41.9 Å².